The van der Waals surface area contributed by atoms with Crippen LogP contribution < -0.4 is 5.32 Å². The van der Waals surface area contributed by atoms with Crippen molar-refractivity contribution in [1.29, 1.82) is 0 Å². The molecule has 0 bridgehead atoms. The first-order chi connectivity index (χ1) is 10.2. The Hall–Kier alpha value is -1.92. The van der Waals surface area contributed by atoms with Gasteiger partial charge in [0, 0.05) is 13.0 Å². The Labute approximate surface area is 123 Å². The molecule has 1 atom stereocenters. The Balaban J connectivity index is 1.74. The summed E-state index contributed by atoms with van der Waals surface area (Å²) in [6.07, 6.45) is 7.08. The van der Waals surface area contributed by atoms with Gasteiger partial charge < -0.3 is 14.7 Å². The Morgan fingerprint density at radius 1 is 1.29 bits per heavy atom. The molecule has 1 aliphatic carbocycles. The molecular weight excluding hydrogens is 272 g/mol. The highest BCUT2D eigenvalue weighted by Gasteiger charge is 2.36. The van der Waals surface area contributed by atoms with Crippen molar-refractivity contribution >= 4 is 11.8 Å². The van der Waals surface area contributed by atoms with Crippen LogP contribution in [0.5, 0.6) is 0 Å². The summed E-state index contributed by atoms with van der Waals surface area (Å²) in [5, 5.41) is 6.66. The molecule has 1 unspecified atom stereocenters. The summed E-state index contributed by atoms with van der Waals surface area (Å²) in [7, 11) is 0. The van der Waals surface area contributed by atoms with Gasteiger partial charge in [0.1, 0.15) is 6.04 Å². The predicted octanol–water partition coefficient (Wildman–Crippen LogP) is 0.867. The Morgan fingerprint density at radius 3 is 2.81 bits per heavy atom. The zero-order valence-corrected chi connectivity index (χ0v) is 12.0. The summed E-state index contributed by atoms with van der Waals surface area (Å²) in [4.78, 5) is 30.3. The minimum absolute atomic E-state index is 0.0162. The Kier molecular flexibility index (Phi) is 4.17. The molecule has 3 rings (SSSR count). The fourth-order valence-corrected chi connectivity index (χ4v) is 3.23. The third kappa shape index (κ3) is 3.22. The van der Waals surface area contributed by atoms with E-state index in [2.05, 4.69) is 15.5 Å². The molecule has 2 fully saturated rings. The topological polar surface area (TPSA) is 88.3 Å². The second-order valence-electron chi connectivity index (χ2n) is 5.80. The molecule has 1 aromatic heterocycles. The lowest BCUT2D eigenvalue weighted by atomic mass is 9.83. The number of hydrogen-bond donors (Lipinski definition) is 1. The van der Waals surface area contributed by atoms with Gasteiger partial charge >= 0.3 is 0 Å². The lowest BCUT2D eigenvalue weighted by molar-refractivity contribution is -0.136. The third-order valence-corrected chi connectivity index (χ3v) is 4.36. The minimum Gasteiger partial charge on any atom is -0.344 e. The van der Waals surface area contributed by atoms with Crippen molar-refractivity contribution in [3.8, 4) is 0 Å². The van der Waals surface area contributed by atoms with Crippen LogP contribution in [0.4, 0.5) is 0 Å². The van der Waals surface area contributed by atoms with E-state index in [1.54, 1.807) is 4.90 Å². The van der Waals surface area contributed by atoms with Gasteiger partial charge in [-0.15, -0.1) is 0 Å². The molecule has 1 saturated heterocycles. The summed E-state index contributed by atoms with van der Waals surface area (Å²) in [6.45, 7) is 0.704. The molecule has 114 valence electrons. The van der Waals surface area contributed by atoms with E-state index < -0.39 is 6.04 Å². The van der Waals surface area contributed by atoms with Gasteiger partial charge in [0.2, 0.25) is 18.2 Å². The van der Waals surface area contributed by atoms with E-state index in [1.165, 1.54) is 12.8 Å². The fourth-order valence-electron chi connectivity index (χ4n) is 3.23. The average Bonchev–Trinajstić information content (AvgIpc) is 2.97. The highest BCUT2D eigenvalue weighted by molar-refractivity contribution is 5.90. The number of carbonyl (C=O) groups is 2. The highest BCUT2D eigenvalue weighted by atomic mass is 16.5. The van der Waals surface area contributed by atoms with Crippen molar-refractivity contribution in [2.45, 2.75) is 51.1 Å². The molecule has 2 heterocycles. The zero-order chi connectivity index (χ0) is 14.7. The van der Waals surface area contributed by atoms with Crippen LogP contribution in [0, 0.1) is 5.92 Å². The lowest BCUT2D eigenvalue weighted by Gasteiger charge is -2.31. The molecule has 2 aliphatic rings. The minimum atomic E-state index is -0.396. The van der Waals surface area contributed by atoms with Crippen LogP contribution in [0.1, 0.15) is 44.3 Å². The van der Waals surface area contributed by atoms with Gasteiger partial charge in [0.05, 0.1) is 6.54 Å². The molecule has 1 saturated carbocycles. The monoisotopic (exact) mass is 292 g/mol. The van der Waals surface area contributed by atoms with Crippen molar-refractivity contribution in [3.05, 3.63) is 12.2 Å². The number of carbonyl (C=O) groups excluding carboxylic acids is 2. The Morgan fingerprint density at radius 2 is 2.10 bits per heavy atom. The number of hydrogen-bond acceptors (Lipinski definition) is 5. The molecule has 7 nitrogen and oxygen atoms in total. The number of nitrogens with zero attached hydrogens (tertiary/aromatic N) is 3. The number of nitrogens with one attached hydrogen (secondary N) is 1. The van der Waals surface area contributed by atoms with E-state index >= 15 is 0 Å². The quantitative estimate of drug-likeness (QED) is 0.893. The fraction of sp³-hybridized carbons (Fsp3) is 0.714. The van der Waals surface area contributed by atoms with Gasteiger partial charge in [-0.3, -0.25) is 9.59 Å². The molecule has 2 amide bonds. The molecule has 21 heavy (non-hydrogen) atoms. The SMILES string of the molecule is O=C1CCN(Cc2ncon2)C(=O)C(C2CCCCC2)N1. The van der Waals surface area contributed by atoms with Crippen molar-refractivity contribution in [3.63, 3.8) is 0 Å². The van der Waals surface area contributed by atoms with Crippen LogP contribution in [0.25, 0.3) is 0 Å². The van der Waals surface area contributed by atoms with Gasteiger partial charge in [-0.25, -0.2) is 0 Å². The summed E-state index contributed by atoms with van der Waals surface area (Å²) in [5.41, 5.74) is 0. The zero-order valence-electron chi connectivity index (χ0n) is 12.0. The van der Waals surface area contributed by atoms with E-state index in [1.807, 2.05) is 0 Å². The molecule has 1 aromatic rings. The van der Waals surface area contributed by atoms with E-state index in [-0.39, 0.29) is 17.7 Å². The highest BCUT2D eigenvalue weighted by Crippen LogP contribution is 2.28. The molecule has 0 spiro atoms. The third-order valence-electron chi connectivity index (χ3n) is 4.36. The molecule has 0 radical (unpaired) electrons. The summed E-state index contributed by atoms with van der Waals surface area (Å²) >= 11 is 0. The average molecular weight is 292 g/mol. The smallest absolute Gasteiger partial charge is 0.245 e. The molecule has 7 heteroatoms. The van der Waals surface area contributed by atoms with Crippen molar-refractivity contribution < 1.29 is 14.1 Å². The standard InChI is InChI=1S/C14H20N4O3/c19-12-6-7-18(8-11-15-9-21-17-11)14(20)13(16-12)10-4-2-1-3-5-10/h9-10,13H,1-8H2,(H,16,19). The summed E-state index contributed by atoms with van der Waals surface area (Å²) in [5.74, 6) is 0.660. The maximum Gasteiger partial charge on any atom is 0.245 e. The van der Waals surface area contributed by atoms with Crippen molar-refractivity contribution in [1.82, 2.24) is 20.4 Å². The number of aromatic nitrogens is 2. The van der Waals surface area contributed by atoms with E-state index in [9.17, 15) is 9.59 Å². The van der Waals surface area contributed by atoms with Crippen LogP contribution in [-0.2, 0) is 16.1 Å². The first kappa shape index (κ1) is 14.0. The number of rotatable bonds is 3. The largest absolute Gasteiger partial charge is 0.344 e. The second kappa shape index (κ2) is 6.24. The predicted molar refractivity (Wildman–Crippen MR) is 72.8 cm³/mol. The van der Waals surface area contributed by atoms with Gasteiger partial charge in [-0.05, 0) is 18.8 Å². The van der Waals surface area contributed by atoms with E-state index in [0.717, 1.165) is 25.7 Å². The molecule has 1 N–H and O–H groups in total. The van der Waals surface area contributed by atoms with E-state index in [4.69, 9.17) is 4.52 Å². The lowest BCUT2D eigenvalue weighted by Crippen LogP contribution is -2.49. The molecule has 1 aliphatic heterocycles. The van der Waals surface area contributed by atoms with Crippen molar-refractivity contribution in [2.75, 3.05) is 6.54 Å². The first-order valence-electron chi connectivity index (χ1n) is 7.57. The van der Waals surface area contributed by atoms with Crippen LogP contribution in [0.3, 0.4) is 0 Å². The number of amides is 2. The van der Waals surface area contributed by atoms with Crippen LogP contribution in [0.2, 0.25) is 0 Å². The Bertz CT molecular complexity index is 496. The van der Waals surface area contributed by atoms with Gasteiger partial charge in [0.25, 0.3) is 0 Å². The van der Waals surface area contributed by atoms with Gasteiger partial charge in [-0.1, -0.05) is 24.4 Å². The summed E-state index contributed by atoms with van der Waals surface area (Å²) in [6, 6.07) is -0.396. The second-order valence-corrected chi connectivity index (χ2v) is 5.80. The first-order valence-corrected chi connectivity index (χ1v) is 7.57. The maximum atomic E-state index is 12.7. The molecule has 0 aromatic carbocycles. The van der Waals surface area contributed by atoms with Crippen LogP contribution >= 0.6 is 0 Å². The van der Waals surface area contributed by atoms with E-state index in [0.29, 0.717) is 25.3 Å². The van der Waals surface area contributed by atoms with Crippen LogP contribution in [0.15, 0.2) is 10.9 Å². The normalized spacial score (nSPS) is 24.8. The summed E-state index contributed by atoms with van der Waals surface area (Å²) < 4.78 is 4.71. The van der Waals surface area contributed by atoms with Crippen LogP contribution in [-0.4, -0.2) is 39.4 Å². The maximum absolute atomic E-state index is 12.7. The van der Waals surface area contributed by atoms with Crippen molar-refractivity contribution in [2.24, 2.45) is 5.92 Å². The molecular formula is C14H20N4O3. The van der Waals surface area contributed by atoms with Gasteiger partial charge in [0.15, 0.2) is 5.82 Å². The van der Waals surface area contributed by atoms with Gasteiger partial charge in [-0.2, -0.15) is 4.98 Å².